The van der Waals surface area contributed by atoms with Gasteiger partial charge < -0.3 is 14.2 Å². The molecule has 0 unspecified atom stereocenters. The minimum Gasteiger partial charge on any atom is -0.497 e. The fourth-order valence-electron chi connectivity index (χ4n) is 3.53. The van der Waals surface area contributed by atoms with E-state index in [9.17, 15) is 4.79 Å². The summed E-state index contributed by atoms with van der Waals surface area (Å²) in [7, 11) is 3.00. The van der Waals surface area contributed by atoms with Crippen LogP contribution in [0.1, 0.15) is 27.0 Å². The molecule has 33 heavy (non-hydrogen) atoms. The van der Waals surface area contributed by atoms with Gasteiger partial charge in [0.25, 0.3) is 0 Å². The van der Waals surface area contributed by atoms with Crippen LogP contribution in [0.4, 0.5) is 0 Å². The molecule has 0 aliphatic heterocycles. The third-order valence-corrected chi connectivity index (χ3v) is 6.37. The van der Waals surface area contributed by atoms with E-state index in [1.807, 2.05) is 60.7 Å². The number of benzene rings is 3. The molecule has 5 nitrogen and oxygen atoms in total. The van der Waals surface area contributed by atoms with Crippen molar-refractivity contribution in [2.45, 2.75) is 24.3 Å². The number of carbonyl (C=O) groups excluding carboxylic acids is 1. The zero-order valence-corrected chi connectivity index (χ0v) is 19.6. The van der Waals surface area contributed by atoms with Crippen LogP contribution in [-0.4, -0.2) is 25.2 Å². The lowest BCUT2D eigenvalue weighted by atomic mass is 10.1. The standard InChI is InChI=1S/C27H25NO4S/c1-18-9-4-5-11-20(18)17-33-26-24(27(29)31-3)25(22-13-6-7-14-23(22)28-26)32-16-19-10-8-12-21(15-19)30-2/h4-15H,16-17H2,1-3H3. The van der Waals surface area contributed by atoms with Crippen LogP contribution in [-0.2, 0) is 17.1 Å². The van der Waals surface area contributed by atoms with Gasteiger partial charge in [-0.25, -0.2) is 9.78 Å². The average Bonchev–Trinajstić information content (AvgIpc) is 2.86. The first-order chi connectivity index (χ1) is 16.1. The number of thioether (sulfide) groups is 1. The minimum absolute atomic E-state index is 0.275. The molecular weight excluding hydrogens is 434 g/mol. The summed E-state index contributed by atoms with van der Waals surface area (Å²) in [4.78, 5) is 17.7. The summed E-state index contributed by atoms with van der Waals surface area (Å²) in [6.07, 6.45) is 0. The molecule has 0 saturated heterocycles. The van der Waals surface area contributed by atoms with Gasteiger partial charge in [-0.3, -0.25) is 0 Å². The number of hydrogen-bond donors (Lipinski definition) is 0. The van der Waals surface area contributed by atoms with Crippen LogP contribution in [0, 0.1) is 6.92 Å². The van der Waals surface area contributed by atoms with E-state index in [-0.39, 0.29) is 6.61 Å². The number of rotatable bonds is 8. The molecule has 4 aromatic rings. The molecule has 0 saturated carbocycles. The monoisotopic (exact) mass is 459 g/mol. The summed E-state index contributed by atoms with van der Waals surface area (Å²) in [5.41, 5.74) is 4.42. The van der Waals surface area contributed by atoms with Crippen molar-refractivity contribution in [3.8, 4) is 11.5 Å². The molecule has 0 amide bonds. The Morgan fingerprint density at radius 3 is 2.55 bits per heavy atom. The number of aromatic nitrogens is 1. The number of ether oxygens (including phenoxy) is 3. The Kier molecular flexibility index (Phi) is 7.15. The van der Waals surface area contributed by atoms with Crippen molar-refractivity contribution in [1.29, 1.82) is 0 Å². The number of nitrogens with zero attached hydrogens (tertiary/aromatic N) is 1. The van der Waals surface area contributed by atoms with Crippen LogP contribution in [0.25, 0.3) is 10.9 Å². The number of esters is 1. The van der Waals surface area contributed by atoms with Gasteiger partial charge >= 0.3 is 5.97 Å². The minimum atomic E-state index is -0.471. The van der Waals surface area contributed by atoms with Crippen LogP contribution in [0.5, 0.6) is 11.5 Å². The maximum Gasteiger partial charge on any atom is 0.344 e. The van der Waals surface area contributed by atoms with E-state index in [4.69, 9.17) is 19.2 Å². The highest BCUT2D eigenvalue weighted by Crippen LogP contribution is 2.37. The fourth-order valence-corrected chi connectivity index (χ4v) is 4.63. The van der Waals surface area contributed by atoms with Crippen LogP contribution < -0.4 is 9.47 Å². The lowest BCUT2D eigenvalue weighted by Crippen LogP contribution is -2.10. The summed E-state index contributed by atoms with van der Waals surface area (Å²) >= 11 is 1.50. The second-order valence-electron chi connectivity index (χ2n) is 7.49. The molecule has 0 N–H and O–H groups in total. The molecule has 0 aliphatic carbocycles. The number of carbonyl (C=O) groups is 1. The van der Waals surface area contributed by atoms with Gasteiger partial charge in [0.1, 0.15) is 28.7 Å². The van der Waals surface area contributed by atoms with Crippen LogP contribution in [0.2, 0.25) is 0 Å². The number of para-hydroxylation sites is 1. The number of pyridine rings is 1. The summed E-state index contributed by atoms with van der Waals surface area (Å²) < 4.78 is 16.7. The van der Waals surface area contributed by atoms with Crippen LogP contribution in [0.3, 0.4) is 0 Å². The Morgan fingerprint density at radius 2 is 1.76 bits per heavy atom. The zero-order chi connectivity index (χ0) is 23.2. The predicted molar refractivity (Wildman–Crippen MR) is 131 cm³/mol. The fraction of sp³-hybridized carbons (Fsp3) is 0.185. The van der Waals surface area contributed by atoms with Crippen LogP contribution in [0.15, 0.2) is 77.8 Å². The topological polar surface area (TPSA) is 57.7 Å². The van der Waals surface area contributed by atoms with E-state index in [1.165, 1.54) is 30.0 Å². The van der Waals surface area contributed by atoms with Gasteiger partial charge in [-0.15, -0.1) is 11.8 Å². The van der Waals surface area contributed by atoms with Gasteiger partial charge in [-0.1, -0.05) is 48.5 Å². The number of hydrogen-bond acceptors (Lipinski definition) is 6. The van der Waals surface area contributed by atoms with E-state index in [0.717, 1.165) is 22.2 Å². The van der Waals surface area contributed by atoms with Gasteiger partial charge in [0.15, 0.2) is 0 Å². The van der Waals surface area contributed by atoms with Gasteiger partial charge in [0.2, 0.25) is 0 Å². The Labute approximate surface area is 197 Å². The third kappa shape index (κ3) is 5.12. The summed E-state index contributed by atoms with van der Waals surface area (Å²) in [6, 6.07) is 23.5. The quantitative estimate of drug-likeness (QED) is 0.231. The van der Waals surface area contributed by atoms with Gasteiger partial charge in [-0.2, -0.15) is 0 Å². The largest absolute Gasteiger partial charge is 0.497 e. The highest BCUT2D eigenvalue weighted by molar-refractivity contribution is 7.98. The van der Waals surface area contributed by atoms with Crippen molar-refractivity contribution in [2.24, 2.45) is 0 Å². The SMILES string of the molecule is COC(=O)c1c(SCc2ccccc2C)nc2ccccc2c1OCc1cccc(OC)c1. The van der Waals surface area contributed by atoms with Crippen LogP contribution >= 0.6 is 11.8 Å². The first kappa shape index (κ1) is 22.7. The summed E-state index contributed by atoms with van der Waals surface area (Å²) in [5, 5.41) is 1.35. The van der Waals surface area contributed by atoms with Gasteiger partial charge in [-0.05, 0) is 47.9 Å². The second-order valence-corrected chi connectivity index (χ2v) is 8.45. The maximum absolute atomic E-state index is 12.9. The molecule has 1 aromatic heterocycles. The third-order valence-electron chi connectivity index (χ3n) is 5.34. The highest BCUT2D eigenvalue weighted by Gasteiger charge is 2.24. The van der Waals surface area contributed by atoms with E-state index in [2.05, 4.69) is 19.1 Å². The zero-order valence-electron chi connectivity index (χ0n) is 18.8. The molecule has 3 aromatic carbocycles. The summed E-state index contributed by atoms with van der Waals surface area (Å²) in [5.74, 6) is 1.43. The van der Waals surface area contributed by atoms with Crippen molar-refractivity contribution in [3.05, 3.63) is 95.1 Å². The summed E-state index contributed by atoms with van der Waals surface area (Å²) in [6.45, 7) is 2.35. The molecule has 0 radical (unpaired) electrons. The predicted octanol–water partition coefficient (Wildman–Crippen LogP) is 6.21. The number of aryl methyl sites for hydroxylation is 1. The lowest BCUT2D eigenvalue weighted by Gasteiger charge is -2.17. The first-order valence-electron chi connectivity index (χ1n) is 10.5. The van der Waals surface area contributed by atoms with E-state index in [1.54, 1.807) is 7.11 Å². The molecular formula is C27H25NO4S. The molecule has 0 bridgehead atoms. The molecule has 0 atom stereocenters. The Balaban J connectivity index is 1.75. The Bertz CT molecular complexity index is 1290. The Hall–Kier alpha value is -3.51. The highest BCUT2D eigenvalue weighted by atomic mass is 32.2. The van der Waals surface area contributed by atoms with Crippen molar-refractivity contribution in [3.63, 3.8) is 0 Å². The van der Waals surface area contributed by atoms with Crippen molar-refractivity contribution < 1.29 is 19.0 Å². The molecule has 0 fully saturated rings. The van der Waals surface area contributed by atoms with Gasteiger partial charge in [0.05, 0.1) is 19.7 Å². The smallest absolute Gasteiger partial charge is 0.344 e. The van der Waals surface area contributed by atoms with E-state index in [0.29, 0.717) is 22.1 Å². The van der Waals surface area contributed by atoms with E-state index >= 15 is 0 Å². The molecule has 6 heteroatoms. The number of methoxy groups -OCH3 is 2. The molecule has 168 valence electrons. The normalized spacial score (nSPS) is 10.8. The average molecular weight is 460 g/mol. The maximum atomic E-state index is 12.9. The molecule has 4 rings (SSSR count). The molecule has 1 heterocycles. The Morgan fingerprint density at radius 1 is 0.970 bits per heavy atom. The van der Waals surface area contributed by atoms with Crippen molar-refractivity contribution in [2.75, 3.05) is 14.2 Å². The molecule has 0 spiro atoms. The lowest BCUT2D eigenvalue weighted by molar-refractivity contribution is 0.0590. The van der Waals surface area contributed by atoms with Crippen molar-refractivity contribution >= 4 is 28.6 Å². The molecule has 0 aliphatic rings. The first-order valence-corrected chi connectivity index (χ1v) is 11.5. The van der Waals surface area contributed by atoms with E-state index < -0.39 is 5.97 Å². The van der Waals surface area contributed by atoms with Crippen molar-refractivity contribution in [1.82, 2.24) is 4.98 Å². The second kappa shape index (κ2) is 10.4. The number of fused-ring (bicyclic) bond motifs is 1. The van der Waals surface area contributed by atoms with Gasteiger partial charge in [0, 0.05) is 11.1 Å².